The number of anilines is 1. The van der Waals surface area contributed by atoms with Crippen LogP contribution in [0.5, 0.6) is 0 Å². The molecule has 0 bridgehead atoms. The van der Waals surface area contributed by atoms with Gasteiger partial charge in [0.25, 0.3) is 0 Å². The number of nitrogen functional groups attached to an aromatic ring is 1. The summed E-state index contributed by atoms with van der Waals surface area (Å²) in [5.74, 6) is 0.481. The minimum Gasteiger partial charge on any atom is -0.382 e. The Morgan fingerprint density at radius 1 is 1.00 bits per heavy atom. The lowest BCUT2D eigenvalue weighted by molar-refractivity contribution is 1.07. The first-order valence-corrected chi connectivity index (χ1v) is 5.84. The maximum absolute atomic E-state index is 5.81. The lowest BCUT2D eigenvalue weighted by Crippen LogP contribution is -1.96. The molecule has 1 aromatic carbocycles. The van der Waals surface area contributed by atoms with Crippen LogP contribution in [-0.4, -0.2) is 10.2 Å². The lowest BCUT2D eigenvalue weighted by atomic mass is 10.1. The van der Waals surface area contributed by atoms with Crippen LogP contribution in [0.2, 0.25) is 0 Å². The summed E-state index contributed by atoms with van der Waals surface area (Å²) in [6.07, 6.45) is 0. The van der Waals surface area contributed by atoms with Crippen LogP contribution in [0.15, 0.2) is 41.1 Å². The molecule has 2 heterocycles. The molecule has 2 aromatic heterocycles. The average Bonchev–Trinajstić information content (AvgIpc) is 2.83. The Morgan fingerprint density at radius 3 is 2.56 bits per heavy atom. The molecule has 78 valence electrons. The zero-order valence-corrected chi connectivity index (χ0v) is 9.24. The molecule has 0 saturated heterocycles. The van der Waals surface area contributed by atoms with Crippen molar-refractivity contribution in [3.63, 3.8) is 0 Å². The van der Waals surface area contributed by atoms with E-state index < -0.39 is 0 Å². The van der Waals surface area contributed by atoms with E-state index in [1.54, 1.807) is 11.3 Å². The molecule has 0 aliphatic heterocycles. The maximum atomic E-state index is 5.81. The van der Waals surface area contributed by atoms with Gasteiger partial charge in [-0.15, -0.1) is 10.2 Å². The van der Waals surface area contributed by atoms with Crippen LogP contribution >= 0.6 is 11.3 Å². The van der Waals surface area contributed by atoms with Gasteiger partial charge in [0.1, 0.15) is 5.69 Å². The molecule has 0 aliphatic carbocycles. The molecule has 3 aromatic rings. The number of fused-ring (bicyclic) bond motifs is 1. The van der Waals surface area contributed by atoms with Crippen molar-refractivity contribution in [2.75, 3.05) is 5.73 Å². The Hall–Kier alpha value is -1.94. The van der Waals surface area contributed by atoms with E-state index in [0.717, 1.165) is 22.0 Å². The number of nitrogens with two attached hydrogens (primary N) is 1. The quantitative estimate of drug-likeness (QED) is 0.695. The van der Waals surface area contributed by atoms with E-state index in [1.165, 1.54) is 0 Å². The predicted molar refractivity (Wildman–Crippen MR) is 67.3 cm³/mol. The van der Waals surface area contributed by atoms with Crippen molar-refractivity contribution in [2.24, 2.45) is 0 Å². The molecule has 3 rings (SSSR count). The van der Waals surface area contributed by atoms with Crippen LogP contribution in [0.25, 0.3) is 22.0 Å². The first-order valence-electron chi connectivity index (χ1n) is 4.90. The van der Waals surface area contributed by atoms with Gasteiger partial charge in [-0.1, -0.05) is 24.3 Å². The number of nitrogens with zero attached hydrogens (tertiary/aromatic N) is 2. The van der Waals surface area contributed by atoms with Gasteiger partial charge < -0.3 is 5.73 Å². The maximum Gasteiger partial charge on any atom is 0.154 e. The topological polar surface area (TPSA) is 51.8 Å². The molecular weight excluding hydrogens is 218 g/mol. The number of thiophene rings is 1. The molecule has 0 saturated carbocycles. The fourth-order valence-electron chi connectivity index (χ4n) is 1.74. The molecule has 0 spiro atoms. The third kappa shape index (κ3) is 1.35. The monoisotopic (exact) mass is 227 g/mol. The zero-order valence-electron chi connectivity index (χ0n) is 8.42. The molecule has 2 N–H and O–H groups in total. The van der Waals surface area contributed by atoms with Gasteiger partial charge in [-0.25, -0.2) is 0 Å². The molecule has 0 unspecified atom stereocenters. The van der Waals surface area contributed by atoms with Crippen LogP contribution < -0.4 is 5.73 Å². The van der Waals surface area contributed by atoms with Crippen LogP contribution in [0, 0.1) is 0 Å². The highest BCUT2D eigenvalue weighted by molar-refractivity contribution is 7.08. The summed E-state index contributed by atoms with van der Waals surface area (Å²) in [4.78, 5) is 0. The molecule has 0 fully saturated rings. The number of hydrogen-bond donors (Lipinski definition) is 1. The zero-order chi connectivity index (χ0) is 11.0. The smallest absolute Gasteiger partial charge is 0.154 e. The Bertz CT molecular complexity index is 632. The Kier molecular flexibility index (Phi) is 2.08. The van der Waals surface area contributed by atoms with Crippen molar-refractivity contribution in [1.29, 1.82) is 0 Å². The van der Waals surface area contributed by atoms with Crippen molar-refractivity contribution in [1.82, 2.24) is 10.2 Å². The summed E-state index contributed by atoms with van der Waals surface area (Å²) < 4.78 is 0. The second-order valence-corrected chi connectivity index (χ2v) is 4.27. The summed E-state index contributed by atoms with van der Waals surface area (Å²) >= 11 is 1.65. The van der Waals surface area contributed by atoms with Gasteiger partial charge in [-0.05, 0) is 11.4 Å². The van der Waals surface area contributed by atoms with Crippen LogP contribution in [0.1, 0.15) is 0 Å². The number of aromatic nitrogens is 2. The van der Waals surface area contributed by atoms with Crippen molar-refractivity contribution in [2.45, 2.75) is 0 Å². The van der Waals surface area contributed by atoms with Gasteiger partial charge in [0.15, 0.2) is 5.82 Å². The molecule has 0 amide bonds. The van der Waals surface area contributed by atoms with Gasteiger partial charge in [0, 0.05) is 21.7 Å². The normalized spacial score (nSPS) is 10.8. The van der Waals surface area contributed by atoms with E-state index in [1.807, 2.05) is 35.7 Å². The number of benzene rings is 1. The second kappa shape index (κ2) is 3.57. The fourth-order valence-corrected chi connectivity index (χ4v) is 2.38. The Balaban J connectivity index is 2.39. The third-order valence-corrected chi connectivity index (χ3v) is 3.19. The minimum absolute atomic E-state index is 0.481. The number of hydrogen-bond acceptors (Lipinski definition) is 4. The Morgan fingerprint density at radius 2 is 1.81 bits per heavy atom. The molecule has 16 heavy (non-hydrogen) atoms. The van der Waals surface area contributed by atoms with Crippen molar-refractivity contribution in [3.05, 3.63) is 41.1 Å². The molecule has 0 atom stereocenters. The van der Waals surface area contributed by atoms with Crippen LogP contribution in [-0.2, 0) is 0 Å². The predicted octanol–water partition coefficient (Wildman–Crippen LogP) is 2.94. The highest BCUT2D eigenvalue weighted by atomic mass is 32.1. The van der Waals surface area contributed by atoms with E-state index in [2.05, 4.69) is 15.6 Å². The largest absolute Gasteiger partial charge is 0.382 e. The van der Waals surface area contributed by atoms with E-state index in [-0.39, 0.29) is 0 Å². The summed E-state index contributed by atoms with van der Waals surface area (Å²) in [6, 6.07) is 9.97. The summed E-state index contributed by atoms with van der Waals surface area (Å²) in [5, 5.41) is 14.3. The summed E-state index contributed by atoms with van der Waals surface area (Å²) in [7, 11) is 0. The van der Waals surface area contributed by atoms with E-state index >= 15 is 0 Å². The molecule has 0 radical (unpaired) electrons. The fraction of sp³-hybridized carbons (Fsp3) is 0. The standard InChI is InChI=1S/C12H9N3S/c13-12-10-4-2-1-3-9(10)11(14-15-12)8-5-6-16-7-8/h1-7H,(H2,13,15). The van der Waals surface area contributed by atoms with E-state index in [9.17, 15) is 0 Å². The molecule has 3 nitrogen and oxygen atoms in total. The number of rotatable bonds is 1. The first-order chi connectivity index (χ1) is 7.86. The van der Waals surface area contributed by atoms with E-state index in [4.69, 9.17) is 5.73 Å². The van der Waals surface area contributed by atoms with Crippen LogP contribution in [0.3, 0.4) is 0 Å². The SMILES string of the molecule is Nc1nnc(-c2ccsc2)c2ccccc12. The molecular formula is C12H9N3S. The third-order valence-electron chi connectivity index (χ3n) is 2.51. The van der Waals surface area contributed by atoms with Gasteiger partial charge in [-0.3, -0.25) is 0 Å². The summed E-state index contributed by atoms with van der Waals surface area (Å²) in [6.45, 7) is 0. The highest BCUT2D eigenvalue weighted by Gasteiger charge is 2.08. The van der Waals surface area contributed by atoms with Gasteiger partial charge in [-0.2, -0.15) is 11.3 Å². The molecule has 0 aliphatic rings. The van der Waals surface area contributed by atoms with Gasteiger partial charge >= 0.3 is 0 Å². The van der Waals surface area contributed by atoms with E-state index in [0.29, 0.717) is 5.82 Å². The van der Waals surface area contributed by atoms with Crippen molar-refractivity contribution in [3.8, 4) is 11.3 Å². The van der Waals surface area contributed by atoms with Gasteiger partial charge in [0.2, 0.25) is 0 Å². The van der Waals surface area contributed by atoms with Crippen molar-refractivity contribution >= 4 is 27.9 Å². The Labute approximate surface area is 96.6 Å². The average molecular weight is 227 g/mol. The van der Waals surface area contributed by atoms with Crippen LogP contribution in [0.4, 0.5) is 5.82 Å². The lowest BCUT2D eigenvalue weighted by Gasteiger charge is -2.04. The highest BCUT2D eigenvalue weighted by Crippen LogP contribution is 2.29. The molecule has 4 heteroatoms. The first kappa shape index (κ1) is 9.30. The minimum atomic E-state index is 0.481. The van der Waals surface area contributed by atoms with Gasteiger partial charge in [0.05, 0.1) is 0 Å². The second-order valence-electron chi connectivity index (χ2n) is 3.49. The van der Waals surface area contributed by atoms with Crippen molar-refractivity contribution < 1.29 is 0 Å². The summed E-state index contributed by atoms with van der Waals surface area (Å²) in [5.41, 5.74) is 7.79.